The van der Waals surface area contributed by atoms with Crippen LogP contribution in [0.1, 0.15) is 50.8 Å². The lowest BCUT2D eigenvalue weighted by molar-refractivity contribution is -0.128. The van der Waals surface area contributed by atoms with Crippen molar-refractivity contribution in [1.82, 2.24) is 29.9 Å². The Morgan fingerprint density at radius 1 is 1.15 bits per heavy atom. The van der Waals surface area contributed by atoms with Crippen LogP contribution in [-0.2, 0) is 11.8 Å². The number of aryl methyl sites for hydroxylation is 1. The fourth-order valence-corrected chi connectivity index (χ4v) is 4.86. The average Bonchev–Trinajstić information content (AvgIpc) is 3.17. The molecule has 4 rings (SSSR count). The summed E-state index contributed by atoms with van der Waals surface area (Å²) in [6.45, 7) is 4.30. The van der Waals surface area contributed by atoms with Gasteiger partial charge < -0.3 is 19.7 Å². The minimum Gasteiger partial charge on any atom is -0.341 e. The van der Waals surface area contributed by atoms with Crippen molar-refractivity contribution in [3.8, 4) is 0 Å². The lowest BCUT2D eigenvalue weighted by Crippen LogP contribution is -2.64. The number of rotatable bonds is 2. The Morgan fingerprint density at radius 3 is 2.46 bits per heavy atom. The molecule has 1 aromatic rings. The van der Waals surface area contributed by atoms with E-state index < -0.39 is 0 Å². The van der Waals surface area contributed by atoms with E-state index >= 15 is 0 Å². The highest BCUT2D eigenvalue weighted by molar-refractivity contribution is 5.77. The van der Waals surface area contributed by atoms with Crippen LogP contribution in [0.25, 0.3) is 0 Å². The molecule has 0 bridgehead atoms. The van der Waals surface area contributed by atoms with E-state index in [1.165, 1.54) is 19.3 Å². The maximum atomic E-state index is 12.6. The Hall–Kier alpha value is -2.12. The third-order valence-corrected chi connectivity index (χ3v) is 6.38. The minimum atomic E-state index is -0.101. The molecule has 2 saturated heterocycles. The Kier molecular flexibility index (Phi) is 4.36. The van der Waals surface area contributed by atoms with E-state index in [1.807, 2.05) is 21.4 Å². The summed E-state index contributed by atoms with van der Waals surface area (Å²) in [5.74, 6) is 1.11. The van der Waals surface area contributed by atoms with E-state index in [0.29, 0.717) is 32.2 Å². The number of nitrogens with zero attached hydrogens (tertiary/aromatic N) is 5. The zero-order valence-electron chi connectivity index (χ0n) is 15.6. The molecule has 1 aliphatic carbocycles. The standard InChI is InChI=1S/C18H28N6O2/c1-13(25)23-8-15(16-21-19-12-22(16)2)18(9-23)10-24(11-18)17(26)20-14-6-4-3-5-7-14/h12,14-15H,3-11H2,1-2H3,(H,20,26). The monoisotopic (exact) mass is 360 g/mol. The van der Waals surface area contributed by atoms with Gasteiger partial charge in [-0.25, -0.2) is 4.79 Å². The molecular weight excluding hydrogens is 332 g/mol. The van der Waals surface area contributed by atoms with Gasteiger partial charge in [0.2, 0.25) is 5.91 Å². The Bertz CT molecular complexity index is 690. The van der Waals surface area contributed by atoms with Crippen LogP contribution in [0.3, 0.4) is 0 Å². The van der Waals surface area contributed by atoms with Gasteiger partial charge in [0.05, 0.1) is 0 Å². The molecule has 142 valence electrons. The average molecular weight is 360 g/mol. The first-order valence-electron chi connectivity index (χ1n) is 9.63. The summed E-state index contributed by atoms with van der Waals surface area (Å²) in [7, 11) is 1.94. The molecule has 2 aliphatic heterocycles. The highest BCUT2D eigenvalue weighted by Crippen LogP contribution is 2.48. The molecule has 1 atom stereocenters. The van der Waals surface area contributed by atoms with Crippen molar-refractivity contribution in [1.29, 1.82) is 0 Å². The molecule has 0 aromatic carbocycles. The van der Waals surface area contributed by atoms with Crippen LogP contribution in [0, 0.1) is 5.41 Å². The lowest BCUT2D eigenvalue weighted by atomic mass is 9.71. The van der Waals surface area contributed by atoms with Gasteiger partial charge in [0, 0.05) is 57.5 Å². The van der Waals surface area contributed by atoms with Crippen molar-refractivity contribution in [2.75, 3.05) is 26.2 Å². The molecule has 8 heteroatoms. The van der Waals surface area contributed by atoms with Crippen LogP contribution in [0.2, 0.25) is 0 Å². The number of hydrogen-bond donors (Lipinski definition) is 1. The van der Waals surface area contributed by atoms with Crippen LogP contribution in [0.5, 0.6) is 0 Å². The maximum absolute atomic E-state index is 12.6. The molecule has 8 nitrogen and oxygen atoms in total. The zero-order valence-corrected chi connectivity index (χ0v) is 15.6. The Morgan fingerprint density at radius 2 is 1.85 bits per heavy atom. The number of likely N-dealkylation sites (tertiary alicyclic amines) is 2. The summed E-state index contributed by atoms with van der Waals surface area (Å²) < 4.78 is 1.93. The normalized spacial score (nSPS) is 25.4. The van der Waals surface area contributed by atoms with Crippen LogP contribution in [0.15, 0.2) is 6.33 Å². The van der Waals surface area contributed by atoms with E-state index in [0.717, 1.165) is 18.7 Å². The van der Waals surface area contributed by atoms with Gasteiger partial charge in [0.15, 0.2) is 0 Å². The molecule has 0 radical (unpaired) electrons. The maximum Gasteiger partial charge on any atom is 0.317 e. The molecule has 1 N–H and O–H groups in total. The van der Waals surface area contributed by atoms with Crippen LogP contribution in [-0.4, -0.2) is 68.7 Å². The van der Waals surface area contributed by atoms with Gasteiger partial charge in [-0.05, 0) is 12.8 Å². The molecule has 1 unspecified atom stereocenters. The topological polar surface area (TPSA) is 83.4 Å². The Balaban J connectivity index is 1.44. The summed E-state index contributed by atoms with van der Waals surface area (Å²) in [6.07, 6.45) is 7.56. The SMILES string of the molecule is CC(=O)N1CC(c2nncn2C)C2(C1)CN(C(=O)NC1CCCCC1)C2. The summed E-state index contributed by atoms with van der Waals surface area (Å²) in [5, 5.41) is 11.5. The Labute approximate surface area is 153 Å². The van der Waals surface area contributed by atoms with Crippen LogP contribution < -0.4 is 5.32 Å². The third kappa shape index (κ3) is 2.95. The first-order chi connectivity index (χ1) is 12.5. The van der Waals surface area contributed by atoms with Gasteiger partial charge in [0.1, 0.15) is 12.2 Å². The largest absolute Gasteiger partial charge is 0.341 e. The fraction of sp³-hybridized carbons (Fsp3) is 0.778. The van der Waals surface area contributed by atoms with E-state index in [1.54, 1.807) is 13.3 Å². The van der Waals surface area contributed by atoms with E-state index in [-0.39, 0.29) is 23.3 Å². The van der Waals surface area contributed by atoms with Crippen molar-refractivity contribution < 1.29 is 9.59 Å². The number of nitrogens with one attached hydrogen (secondary N) is 1. The van der Waals surface area contributed by atoms with Crippen molar-refractivity contribution in [2.45, 2.75) is 51.0 Å². The first-order valence-corrected chi connectivity index (χ1v) is 9.63. The second-order valence-corrected chi connectivity index (χ2v) is 8.26. The van der Waals surface area contributed by atoms with Crippen molar-refractivity contribution in [3.63, 3.8) is 0 Å². The molecule has 1 spiro atoms. The van der Waals surface area contributed by atoms with E-state index in [4.69, 9.17) is 0 Å². The summed E-state index contributed by atoms with van der Waals surface area (Å²) in [5.41, 5.74) is -0.101. The lowest BCUT2D eigenvalue weighted by Gasteiger charge is -2.50. The number of urea groups is 1. The number of hydrogen-bond acceptors (Lipinski definition) is 4. The van der Waals surface area contributed by atoms with Crippen LogP contribution in [0.4, 0.5) is 4.79 Å². The van der Waals surface area contributed by atoms with E-state index in [9.17, 15) is 9.59 Å². The highest BCUT2D eigenvalue weighted by Gasteiger charge is 2.57. The molecule has 1 saturated carbocycles. The molecule has 3 heterocycles. The quantitative estimate of drug-likeness (QED) is 0.856. The second-order valence-electron chi connectivity index (χ2n) is 8.26. The summed E-state index contributed by atoms with van der Waals surface area (Å²) in [6, 6.07) is 0.361. The molecule has 3 aliphatic rings. The van der Waals surface area contributed by atoms with Crippen LogP contribution >= 0.6 is 0 Å². The van der Waals surface area contributed by atoms with Gasteiger partial charge in [-0.2, -0.15) is 0 Å². The van der Waals surface area contributed by atoms with Gasteiger partial charge in [-0.1, -0.05) is 19.3 Å². The molecular formula is C18H28N6O2. The predicted molar refractivity (Wildman–Crippen MR) is 95.4 cm³/mol. The first kappa shape index (κ1) is 17.3. The number of aromatic nitrogens is 3. The smallest absolute Gasteiger partial charge is 0.317 e. The van der Waals surface area contributed by atoms with Crippen molar-refractivity contribution in [2.24, 2.45) is 12.5 Å². The van der Waals surface area contributed by atoms with Gasteiger partial charge in [-0.3, -0.25) is 4.79 Å². The highest BCUT2D eigenvalue weighted by atomic mass is 16.2. The number of amides is 3. The molecule has 26 heavy (non-hydrogen) atoms. The van der Waals surface area contributed by atoms with Crippen molar-refractivity contribution in [3.05, 3.63) is 12.2 Å². The molecule has 3 amide bonds. The van der Waals surface area contributed by atoms with Gasteiger partial charge >= 0.3 is 6.03 Å². The van der Waals surface area contributed by atoms with Gasteiger partial charge in [-0.15, -0.1) is 10.2 Å². The van der Waals surface area contributed by atoms with Crippen molar-refractivity contribution >= 4 is 11.9 Å². The van der Waals surface area contributed by atoms with Gasteiger partial charge in [0.25, 0.3) is 0 Å². The molecule has 1 aromatic heterocycles. The molecule has 3 fully saturated rings. The summed E-state index contributed by atoms with van der Waals surface area (Å²) in [4.78, 5) is 28.3. The zero-order chi connectivity index (χ0) is 18.3. The minimum absolute atomic E-state index is 0.0421. The number of carbonyl (C=O) groups excluding carboxylic acids is 2. The van der Waals surface area contributed by atoms with E-state index in [2.05, 4.69) is 15.5 Å². The summed E-state index contributed by atoms with van der Waals surface area (Å²) >= 11 is 0. The third-order valence-electron chi connectivity index (χ3n) is 6.38. The predicted octanol–water partition coefficient (Wildman–Crippen LogP) is 1.11. The fourth-order valence-electron chi connectivity index (χ4n) is 4.86. The second kappa shape index (κ2) is 6.55. The number of carbonyl (C=O) groups is 2.